The fourth-order valence-corrected chi connectivity index (χ4v) is 4.71. The minimum atomic E-state index is -0.972. The highest BCUT2D eigenvalue weighted by Crippen LogP contribution is 2.36. The Balaban J connectivity index is 1.32. The van der Waals surface area contributed by atoms with Gasteiger partial charge in [0, 0.05) is 65.4 Å². The van der Waals surface area contributed by atoms with Gasteiger partial charge in [0.1, 0.15) is 11.6 Å². The molecular formula is C26H24N4O3. The highest BCUT2D eigenvalue weighted by molar-refractivity contribution is 6.11. The van der Waals surface area contributed by atoms with E-state index in [9.17, 15) is 14.7 Å². The molecule has 166 valence electrons. The molecule has 3 aromatic rings. The number of fused-ring (bicyclic) bond motifs is 2. The van der Waals surface area contributed by atoms with Gasteiger partial charge in [-0.05, 0) is 42.7 Å². The fourth-order valence-electron chi connectivity index (χ4n) is 4.71. The van der Waals surface area contributed by atoms with Gasteiger partial charge in [0.25, 0.3) is 0 Å². The molecule has 1 fully saturated rings. The number of aromatic nitrogens is 2. The lowest BCUT2D eigenvalue weighted by Gasteiger charge is -2.20. The molecule has 5 rings (SSSR count). The Labute approximate surface area is 191 Å². The van der Waals surface area contributed by atoms with Gasteiger partial charge in [0.15, 0.2) is 6.04 Å². The van der Waals surface area contributed by atoms with E-state index in [1.54, 1.807) is 18.6 Å². The Kier molecular flexibility index (Phi) is 5.69. The summed E-state index contributed by atoms with van der Waals surface area (Å²) in [5.74, 6) is -0.0354. The summed E-state index contributed by atoms with van der Waals surface area (Å²) in [5, 5.41) is 15.1. The lowest BCUT2D eigenvalue weighted by Crippen LogP contribution is -2.25. The predicted molar refractivity (Wildman–Crippen MR) is 127 cm³/mol. The standard InChI is InChI=1S/C26H24N4O3/c31-24-14-22(20-3-1-2-4-21(20)24)30-23(26(32)33)13-16-5-7-18(8-6-16)29-25-19-10-11-27-15-17(19)9-12-28-25/h1-2,5-12,15,20-21,23H,3-4,13-14H2,(H,28,29)(H,32,33)/t20?,21?,23-/m0/s1. The molecule has 1 saturated carbocycles. The molecule has 0 saturated heterocycles. The molecule has 2 heterocycles. The van der Waals surface area contributed by atoms with E-state index in [1.165, 1.54) is 0 Å². The van der Waals surface area contributed by atoms with Gasteiger partial charge in [-0.2, -0.15) is 0 Å². The molecule has 3 atom stereocenters. The van der Waals surface area contributed by atoms with E-state index in [-0.39, 0.29) is 30.5 Å². The van der Waals surface area contributed by atoms with Crippen molar-refractivity contribution in [1.82, 2.24) is 9.97 Å². The van der Waals surface area contributed by atoms with Gasteiger partial charge in [-0.15, -0.1) is 0 Å². The van der Waals surface area contributed by atoms with Gasteiger partial charge in [-0.1, -0.05) is 24.3 Å². The maximum Gasteiger partial charge on any atom is 0.328 e. The molecule has 2 aliphatic rings. The summed E-state index contributed by atoms with van der Waals surface area (Å²) >= 11 is 0. The number of carboxylic acid groups (broad SMARTS) is 1. The number of carbonyl (C=O) groups is 2. The number of hydrogen-bond donors (Lipinski definition) is 2. The van der Waals surface area contributed by atoms with Crippen LogP contribution in [0.15, 0.2) is 72.1 Å². The number of nitrogens with one attached hydrogen (secondary N) is 1. The van der Waals surface area contributed by atoms with E-state index in [0.29, 0.717) is 0 Å². The van der Waals surface area contributed by atoms with Crippen molar-refractivity contribution in [2.24, 2.45) is 16.8 Å². The minimum absolute atomic E-state index is 0.0352. The number of hydrogen-bond acceptors (Lipinski definition) is 6. The fraction of sp³-hybridized carbons (Fsp3) is 0.269. The Morgan fingerprint density at radius 2 is 1.88 bits per heavy atom. The largest absolute Gasteiger partial charge is 0.480 e. The number of allylic oxidation sites excluding steroid dienone is 2. The zero-order valence-corrected chi connectivity index (χ0v) is 18.0. The van der Waals surface area contributed by atoms with Crippen LogP contribution in [0.5, 0.6) is 0 Å². The van der Waals surface area contributed by atoms with Crippen LogP contribution in [-0.4, -0.2) is 38.6 Å². The molecule has 0 aliphatic heterocycles. The van der Waals surface area contributed by atoms with E-state index in [2.05, 4.69) is 26.4 Å². The van der Waals surface area contributed by atoms with Crippen molar-refractivity contribution < 1.29 is 14.7 Å². The Morgan fingerprint density at radius 3 is 2.67 bits per heavy atom. The first-order valence-corrected chi connectivity index (χ1v) is 11.1. The van der Waals surface area contributed by atoms with Crippen molar-refractivity contribution in [2.75, 3.05) is 5.32 Å². The molecule has 0 amide bonds. The zero-order chi connectivity index (χ0) is 22.8. The third-order valence-electron chi connectivity index (χ3n) is 6.45. The highest BCUT2D eigenvalue weighted by Gasteiger charge is 2.40. The molecule has 2 aliphatic carbocycles. The monoisotopic (exact) mass is 440 g/mol. The average Bonchev–Trinajstić information content (AvgIpc) is 3.15. The number of carboxylic acids is 1. The molecule has 7 nitrogen and oxygen atoms in total. The Morgan fingerprint density at radius 1 is 1.09 bits per heavy atom. The van der Waals surface area contributed by atoms with Crippen LogP contribution in [-0.2, 0) is 16.0 Å². The van der Waals surface area contributed by atoms with Crippen LogP contribution in [0.2, 0.25) is 0 Å². The van der Waals surface area contributed by atoms with Crippen LogP contribution in [0.3, 0.4) is 0 Å². The molecule has 2 N–H and O–H groups in total. The van der Waals surface area contributed by atoms with Crippen LogP contribution < -0.4 is 5.32 Å². The summed E-state index contributed by atoms with van der Waals surface area (Å²) in [4.78, 5) is 37.4. The zero-order valence-electron chi connectivity index (χ0n) is 18.0. The number of aliphatic carboxylic acids is 1. The lowest BCUT2D eigenvalue weighted by molar-refractivity contribution is -0.138. The average molecular weight is 441 g/mol. The number of carbonyl (C=O) groups excluding carboxylic acids is 1. The lowest BCUT2D eigenvalue weighted by atomic mass is 9.85. The molecule has 2 aromatic heterocycles. The minimum Gasteiger partial charge on any atom is -0.480 e. The number of pyridine rings is 2. The van der Waals surface area contributed by atoms with E-state index in [0.717, 1.165) is 46.4 Å². The van der Waals surface area contributed by atoms with Gasteiger partial charge in [0.05, 0.1) is 0 Å². The van der Waals surface area contributed by atoms with E-state index in [1.807, 2.05) is 42.5 Å². The van der Waals surface area contributed by atoms with Crippen molar-refractivity contribution in [3.8, 4) is 0 Å². The quantitative estimate of drug-likeness (QED) is 0.552. The number of ketones is 1. The summed E-state index contributed by atoms with van der Waals surface area (Å²) in [6, 6.07) is 10.5. The van der Waals surface area contributed by atoms with Gasteiger partial charge in [-0.3, -0.25) is 14.8 Å². The second-order valence-corrected chi connectivity index (χ2v) is 8.56. The second-order valence-electron chi connectivity index (χ2n) is 8.56. The third-order valence-corrected chi connectivity index (χ3v) is 6.45. The van der Waals surface area contributed by atoms with Gasteiger partial charge >= 0.3 is 5.97 Å². The van der Waals surface area contributed by atoms with Crippen molar-refractivity contribution in [2.45, 2.75) is 31.7 Å². The van der Waals surface area contributed by atoms with Crippen LogP contribution in [0, 0.1) is 11.8 Å². The molecule has 0 bridgehead atoms. The van der Waals surface area contributed by atoms with Crippen LogP contribution >= 0.6 is 0 Å². The molecule has 0 spiro atoms. The summed E-state index contributed by atoms with van der Waals surface area (Å²) in [7, 11) is 0. The number of benzene rings is 1. The van der Waals surface area contributed by atoms with Crippen molar-refractivity contribution in [1.29, 1.82) is 0 Å². The van der Waals surface area contributed by atoms with Crippen molar-refractivity contribution >= 4 is 39.7 Å². The summed E-state index contributed by atoms with van der Waals surface area (Å²) in [6.07, 6.45) is 11.4. The molecule has 0 radical (unpaired) electrons. The van der Waals surface area contributed by atoms with Gasteiger partial charge in [0.2, 0.25) is 0 Å². The predicted octanol–water partition coefficient (Wildman–Crippen LogP) is 4.37. The summed E-state index contributed by atoms with van der Waals surface area (Å²) in [5.41, 5.74) is 2.47. The summed E-state index contributed by atoms with van der Waals surface area (Å²) in [6.45, 7) is 0. The van der Waals surface area contributed by atoms with Crippen LogP contribution in [0.1, 0.15) is 24.8 Å². The first kappa shape index (κ1) is 21.0. The van der Waals surface area contributed by atoms with Gasteiger partial charge in [-0.25, -0.2) is 9.78 Å². The van der Waals surface area contributed by atoms with Crippen LogP contribution in [0.25, 0.3) is 10.8 Å². The highest BCUT2D eigenvalue weighted by atomic mass is 16.4. The van der Waals surface area contributed by atoms with E-state index in [4.69, 9.17) is 0 Å². The molecule has 1 aromatic carbocycles. The smallest absolute Gasteiger partial charge is 0.328 e. The SMILES string of the molecule is O=C1CC(=N[C@@H](Cc2ccc(Nc3nccc4cnccc34)cc2)C(=O)O)C2CC=CCC12. The number of nitrogens with zero attached hydrogens (tertiary/aromatic N) is 3. The normalized spacial score (nSPS) is 21.8. The third kappa shape index (κ3) is 4.39. The number of anilines is 2. The Bertz CT molecular complexity index is 1260. The molecule has 2 unspecified atom stereocenters. The number of aliphatic imine (C=N–C) groups is 1. The maximum atomic E-state index is 12.3. The van der Waals surface area contributed by atoms with E-state index < -0.39 is 12.0 Å². The molecular weight excluding hydrogens is 416 g/mol. The first-order chi connectivity index (χ1) is 16.1. The maximum absolute atomic E-state index is 12.3. The van der Waals surface area contributed by atoms with Crippen molar-refractivity contribution in [3.63, 3.8) is 0 Å². The number of Topliss-reactive ketones (excluding diaryl/α,β-unsaturated/α-hetero) is 1. The number of rotatable bonds is 6. The second kappa shape index (κ2) is 8.94. The molecule has 33 heavy (non-hydrogen) atoms. The Hall–Kier alpha value is -3.87. The summed E-state index contributed by atoms with van der Waals surface area (Å²) < 4.78 is 0. The first-order valence-electron chi connectivity index (χ1n) is 11.1. The van der Waals surface area contributed by atoms with Crippen LogP contribution in [0.4, 0.5) is 11.5 Å². The molecule has 7 heteroatoms. The van der Waals surface area contributed by atoms with E-state index >= 15 is 0 Å². The van der Waals surface area contributed by atoms with Crippen molar-refractivity contribution in [3.05, 3.63) is 72.7 Å². The topological polar surface area (TPSA) is 105 Å². The van der Waals surface area contributed by atoms with Gasteiger partial charge < -0.3 is 10.4 Å².